The molecule has 0 amide bonds. The lowest BCUT2D eigenvalue weighted by Crippen LogP contribution is -2.05. The van der Waals surface area contributed by atoms with Crippen molar-refractivity contribution in [3.63, 3.8) is 0 Å². The van der Waals surface area contributed by atoms with E-state index in [2.05, 4.69) is 4.74 Å². The van der Waals surface area contributed by atoms with Crippen molar-refractivity contribution in [1.29, 1.82) is 0 Å². The Kier molecular flexibility index (Phi) is 5.53. The normalized spacial score (nSPS) is 10.8. The average Bonchev–Trinajstić information content (AvgIpc) is 2.26. The van der Waals surface area contributed by atoms with Crippen LogP contribution in [0.3, 0.4) is 0 Å². The fraction of sp³-hybridized carbons (Fsp3) is 0.500. The standard InChI is InChI=1S/C12H15ClF2O/c1-2-10-6-5-9(4-3-7-13)8-11(10)16-12(14)15/h5-6,8,12H,2-4,7H2,1H3. The second kappa shape index (κ2) is 6.69. The number of aryl methyl sites for hydroxylation is 2. The van der Waals surface area contributed by atoms with Crippen molar-refractivity contribution in [1.82, 2.24) is 0 Å². The Morgan fingerprint density at radius 1 is 1.38 bits per heavy atom. The minimum absolute atomic E-state index is 0.282. The highest BCUT2D eigenvalue weighted by Gasteiger charge is 2.09. The summed E-state index contributed by atoms with van der Waals surface area (Å²) >= 11 is 5.58. The van der Waals surface area contributed by atoms with E-state index in [0.717, 1.165) is 24.0 Å². The van der Waals surface area contributed by atoms with Crippen molar-refractivity contribution in [2.24, 2.45) is 0 Å². The van der Waals surface area contributed by atoms with Gasteiger partial charge < -0.3 is 4.74 Å². The Bertz CT molecular complexity index is 329. The van der Waals surface area contributed by atoms with Crippen LogP contribution in [0.15, 0.2) is 18.2 Å². The first kappa shape index (κ1) is 13.2. The second-order valence-corrected chi connectivity index (χ2v) is 3.84. The van der Waals surface area contributed by atoms with Crippen LogP contribution in [-0.2, 0) is 12.8 Å². The summed E-state index contributed by atoms with van der Waals surface area (Å²) < 4.78 is 28.8. The van der Waals surface area contributed by atoms with E-state index in [-0.39, 0.29) is 5.75 Å². The highest BCUT2D eigenvalue weighted by Crippen LogP contribution is 2.23. The Hall–Kier alpha value is -0.830. The molecule has 0 unspecified atom stereocenters. The van der Waals surface area contributed by atoms with Gasteiger partial charge in [0.1, 0.15) is 5.75 Å². The van der Waals surface area contributed by atoms with Crippen molar-refractivity contribution in [3.05, 3.63) is 29.3 Å². The quantitative estimate of drug-likeness (QED) is 0.691. The maximum Gasteiger partial charge on any atom is 0.387 e. The molecule has 0 atom stereocenters. The van der Waals surface area contributed by atoms with E-state index in [1.165, 1.54) is 0 Å². The van der Waals surface area contributed by atoms with Gasteiger partial charge in [-0.05, 0) is 36.5 Å². The highest BCUT2D eigenvalue weighted by atomic mass is 35.5. The van der Waals surface area contributed by atoms with Gasteiger partial charge in [-0.15, -0.1) is 11.6 Å². The van der Waals surface area contributed by atoms with Gasteiger partial charge >= 0.3 is 6.61 Å². The number of hydrogen-bond acceptors (Lipinski definition) is 1. The largest absolute Gasteiger partial charge is 0.435 e. The van der Waals surface area contributed by atoms with Gasteiger partial charge in [-0.2, -0.15) is 8.78 Å². The lowest BCUT2D eigenvalue weighted by Gasteiger charge is -2.11. The lowest BCUT2D eigenvalue weighted by atomic mass is 10.1. The summed E-state index contributed by atoms with van der Waals surface area (Å²) in [5.41, 5.74) is 1.78. The maximum absolute atomic E-state index is 12.2. The number of rotatable bonds is 6. The molecule has 0 saturated heterocycles. The molecule has 1 aromatic rings. The molecule has 1 nitrogen and oxygen atoms in total. The maximum atomic E-state index is 12.2. The van der Waals surface area contributed by atoms with E-state index in [9.17, 15) is 8.78 Å². The van der Waals surface area contributed by atoms with Gasteiger partial charge in [-0.1, -0.05) is 19.1 Å². The molecule has 4 heteroatoms. The highest BCUT2D eigenvalue weighted by molar-refractivity contribution is 6.17. The van der Waals surface area contributed by atoms with Crippen LogP contribution in [0.4, 0.5) is 8.78 Å². The minimum atomic E-state index is -2.77. The van der Waals surface area contributed by atoms with Crippen LogP contribution >= 0.6 is 11.6 Å². The summed E-state index contributed by atoms with van der Waals surface area (Å²) in [6.45, 7) is -0.861. The third-order valence-electron chi connectivity index (χ3n) is 2.33. The average molecular weight is 249 g/mol. The molecule has 0 aromatic heterocycles. The summed E-state index contributed by atoms with van der Waals surface area (Å²) in [6, 6.07) is 5.45. The molecule has 1 aromatic carbocycles. The van der Waals surface area contributed by atoms with E-state index in [1.54, 1.807) is 6.07 Å². The molecule has 0 spiro atoms. The SMILES string of the molecule is CCc1ccc(CCCCl)cc1OC(F)F. The predicted molar refractivity (Wildman–Crippen MR) is 61.5 cm³/mol. The van der Waals surface area contributed by atoms with Gasteiger partial charge in [-0.25, -0.2) is 0 Å². The zero-order valence-electron chi connectivity index (χ0n) is 9.18. The molecule has 0 bridgehead atoms. The molecule has 0 aliphatic heterocycles. The van der Waals surface area contributed by atoms with Crippen LogP contribution in [0.5, 0.6) is 5.75 Å². The Balaban J connectivity index is 2.83. The van der Waals surface area contributed by atoms with E-state index < -0.39 is 6.61 Å². The van der Waals surface area contributed by atoms with Crippen LogP contribution in [0.2, 0.25) is 0 Å². The monoisotopic (exact) mass is 248 g/mol. The van der Waals surface area contributed by atoms with E-state index in [0.29, 0.717) is 12.3 Å². The molecule has 0 aliphatic rings. The molecule has 90 valence electrons. The molecule has 0 saturated carbocycles. The third kappa shape index (κ3) is 3.97. The van der Waals surface area contributed by atoms with Crippen molar-refractivity contribution in [3.8, 4) is 5.75 Å². The van der Waals surface area contributed by atoms with Crippen molar-refractivity contribution in [2.75, 3.05) is 5.88 Å². The lowest BCUT2D eigenvalue weighted by molar-refractivity contribution is -0.0504. The van der Waals surface area contributed by atoms with Crippen LogP contribution < -0.4 is 4.74 Å². The zero-order chi connectivity index (χ0) is 12.0. The molecule has 0 fully saturated rings. The van der Waals surface area contributed by atoms with Gasteiger partial charge in [0.15, 0.2) is 0 Å². The molecule has 1 rings (SSSR count). The van der Waals surface area contributed by atoms with Gasteiger partial charge in [0.2, 0.25) is 0 Å². The molecule has 0 radical (unpaired) electrons. The molecule has 16 heavy (non-hydrogen) atoms. The van der Waals surface area contributed by atoms with Crippen LogP contribution in [-0.4, -0.2) is 12.5 Å². The predicted octanol–water partition coefficient (Wildman–Crippen LogP) is 4.02. The fourth-order valence-electron chi connectivity index (χ4n) is 1.52. The van der Waals surface area contributed by atoms with Crippen molar-refractivity contribution < 1.29 is 13.5 Å². The van der Waals surface area contributed by atoms with Gasteiger partial charge in [0.05, 0.1) is 0 Å². The number of alkyl halides is 3. The minimum Gasteiger partial charge on any atom is -0.435 e. The molecule has 0 N–H and O–H groups in total. The molecular formula is C12H15ClF2O. The second-order valence-electron chi connectivity index (χ2n) is 3.47. The first-order valence-corrected chi connectivity index (χ1v) is 5.83. The fourth-order valence-corrected chi connectivity index (χ4v) is 1.66. The smallest absolute Gasteiger partial charge is 0.387 e. The summed E-state index contributed by atoms with van der Waals surface area (Å²) in [7, 11) is 0. The first-order chi connectivity index (χ1) is 7.67. The van der Waals surface area contributed by atoms with Crippen molar-refractivity contribution in [2.45, 2.75) is 32.8 Å². The first-order valence-electron chi connectivity index (χ1n) is 5.30. The van der Waals surface area contributed by atoms with Crippen LogP contribution in [0.1, 0.15) is 24.5 Å². The van der Waals surface area contributed by atoms with Crippen molar-refractivity contribution >= 4 is 11.6 Å². The Morgan fingerprint density at radius 3 is 2.69 bits per heavy atom. The number of ether oxygens (including phenoxy) is 1. The van der Waals surface area contributed by atoms with E-state index >= 15 is 0 Å². The zero-order valence-corrected chi connectivity index (χ0v) is 9.94. The van der Waals surface area contributed by atoms with Crippen LogP contribution in [0, 0.1) is 0 Å². The van der Waals surface area contributed by atoms with E-state index in [1.807, 2.05) is 19.1 Å². The topological polar surface area (TPSA) is 9.23 Å². The summed E-state index contributed by atoms with van der Waals surface area (Å²) in [5.74, 6) is 0.852. The molecule has 0 heterocycles. The van der Waals surface area contributed by atoms with Crippen LogP contribution in [0.25, 0.3) is 0 Å². The summed E-state index contributed by atoms with van der Waals surface area (Å²) in [5, 5.41) is 0. The summed E-state index contributed by atoms with van der Waals surface area (Å²) in [4.78, 5) is 0. The van der Waals surface area contributed by atoms with E-state index in [4.69, 9.17) is 11.6 Å². The third-order valence-corrected chi connectivity index (χ3v) is 2.59. The molecule has 0 aliphatic carbocycles. The number of benzene rings is 1. The Labute approximate surface area is 99.4 Å². The number of hydrogen-bond donors (Lipinski definition) is 0. The van der Waals surface area contributed by atoms with Gasteiger partial charge in [0.25, 0.3) is 0 Å². The Morgan fingerprint density at radius 2 is 2.12 bits per heavy atom. The number of halogens is 3. The van der Waals surface area contributed by atoms with Gasteiger partial charge in [-0.3, -0.25) is 0 Å². The summed E-state index contributed by atoms with van der Waals surface area (Å²) in [6.07, 6.45) is 2.30. The molecular weight excluding hydrogens is 234 g/mol. The van der Waals surface area contributed by atoms with Gasteiger partial charge in [0, 0.05) is 5.88 Å².